The molecule has 0 spiro atoms. The molecule has 0 aliphatic carbocycles. The van der Waals surface area contributed by atoms with Crippen molar-refractivity contribution >= 4 is 11.7 Å². The number of pyridine rings is 1. The molecule has 15 heavy (non-hydrogen) atoms. The Morgan fingerprint density at radius 3 is 3.00 bits per heavy atom. The molecule has 0 unspecified atom stereocenters. The summed E-state index contributed by atoms with van der Waals surface area (Å²) in [6.07, 6.45) is 3.69. The fraction of sp³-hybridized carbons (Fsp3) is 0.500. The van der Waals surface area contributed by atoms with E-state index < -0.39 is 0 Å². The van der Waals surface area contributed by atoms with Gasteiger partial charge in [0.2, 0.25) is 5.91 Å². The van der Waals surface area contributed by atoms with E-state index in [1.807, 2.05) is 18.2 Å². The van der Waals surface area contributed by atoms with Gasteiger partial charge in [0.05, 0.1) is 0 Å². The molecule has 0 bridgehead atoms. The average Bonchev–Trinajstić information content (AvgIpc) is 2.65. The van der Waals surface area contributed by atoms with Crippen LogP contribution < -0.4 is 4.90 Å². The largest absolute Gasteiger partial charge is 0.297 e. The molecular weight excluding hydrogens is 188 g/mol. The minimum Gasteiger partial charge on any atom is -0.297 e. The first-order chi connectivity index (χ1) is 7.31. The van der Waals surface area contributed by atoms with Crippen molar-refractivity contribution in [3.05, 3.63) is 23.9 Å². The summed E-state index contributed by atoms with van der Waals surface area (Å²) < 4.78 is 0. The molecule has 0 atom stereocenters. The molecule has 0 N–H and O–H groups in total. The lowest BCUT2D eigenvalue weighted by molar-refractivity contribution is -0.117. The van der Waals surface area contributed by atoms with Crippen LogP contribution in [0.4, 0.5) is 5.82 Å². The summed E-state index contributed by atoms with van der Waals surface area (Å²) in [5, 5.41) is 0. The summed E-state index contributed by atoms with van der Waals surface area (Å²) in [6, 6.07) is 5.93. The number of anilines is 1. The number of aryl methyl sites for hydroxylation is 1. The van der Waals surface area contributed by atoms with Gasteiger partial charge in [-0.25, -0.2) is 4.98 Å². The lowest BCUT2D eigenvalue weighted by Gasteiger charge is -2.14. The Bertz CT molecular complexity index is 362. The van der Waals surface area contributed by atoms with Crippen molar-refractivity contribution in [3.63, 3.8) is 0 Å². The van der Waals surface area contributed by atoms with Gasteiger partial charge in [-0.05, 0) is 25.0 Å². The van der Waals surface area contributed by atoms with Gasteiger partial charge in [-0.15, -0.1) is 0 Å². The van der Waals surface area contributed by atoms with Crippen LogP contribution in [0.1, 0.15) is 31.9 Å². The van der Waals surface area contributed by atoms with Crippen molar-refractivity contribution in [2.24, 2.45) is 0 Å². The second-order valence-electron chi connectivity index (χ2n) is 3.89. The Balaban J connectivity index is 2.20. The summed E-state index contributed by atoms with van der Waals surface area (Å²) in [4.78, 5) is 17.8. The lowest BCUT2D eigenvalue weighted by atomic mass is 10.2. The Kier molecular flexibility index (Phi) is 2.99. The van der Waals surface area contributed by atoms with E-state index in [1.54, 1.807) is 4.90 Å². The van der Waals surface area contributed by atoms with Gasteiger partial charge in [-0.2, -0.15) is 0 Å². The van der Waals surface area contributed by atoms with Crippen LogP contribution in [0.25, 0.3) is 0 Å². The van der Waals surface area contributed by atoms with E-state index in [1.165, 1.54) is 0 Å². The molecule has 0 radical (unpaired) electrons. The molecule has 80 valence electrons. The molecule has 3 nitrogen and oxygen atoms in total. The fourth-order valence-electron chi connectivity index (χ4n) is 1.90. The van der Waals surface area contributed by atoms with Crippen molar-refractivity contribution in [1.82, 2.24) is 4.98 Å². The molecule has 1 saturated heterocycles. The van der Waals surface area contributed by atoms with Gasteiger partial charge in [0.1, 0.15) is 5.82 Å². The van der Waals surface area contributed by atoms with Crippen LogP contribution in [-0.2, 0) is 11.2 Å². The quantitative estimate of drug-likeness (QED) is 0.756. The minimum absolute atomic E-state index is 0.205. The SMILES string of the molecule is CCCc1cccc(N2CCCC2=O)n1. The zero-order valence-corrected chi connectivity index (χ0v) is 9.07. The standard InChI is InChI=1S/C12H16N2O/c1-2-5-10-6-3-7-11(13-10)14-9-4-8-12(14)15/h3,6-7H,2,4-5,8-9H2,1H3. The normalized spacial score (nSPS) is 16.1. The number of hydrogen-bond donors (Lipinski definition) is 0. The van der Waals surface area contributed by atoms with E-state index in [0.29, 0.717) is 6.42 Å². The summed E-state index contributed by atoms with van der Waals surface area (Å²) >= 11 is 0. The fourth-order valence-corrected chi connectivity index (χ4v) is 1.90. The van der Waals surface area contributed by atoms with Gasteiger partial charge < -0.3 is 0 Å². The highest BCUT2D eigenvalue weighted by molar-refractivity contribution is 5.94. The van der Waals surface area contributed by atoms with Crippen LogP contribution in [0, 0.1) is 0 Å². The number of carbonyl (C=O) groups is 1. The third-order valence-electron chi connectivity index (χ3n) is 2.65. The number of nitrogens with zero attached hydrogens (tertiary/aromatic N) is 2. The molecule has 3 heteroatoms. The summed E-state index contributed by atoms with van der Waals surface area (Å²) in [5.74, 6) is 1.03. The number of rotatable bonds is 3. The highest BCUT2D eigenvalue weighted by Gasteiger charge is 2.22. The van der Waals surface area contributed by atoms with Crippen molar-refractivity contribution in [2.45, 2.75) is 32.6 Å². The van der Waals surface area contributed by atoms with E-state index in [9.17, 15) is 4.79 Å². The first-order valence-electron chi connectivity index (χ1n) is 5.57. The van der Waals surface area contributed by atoms with E-state index in [2.05, 4.69) is 11.9 Å². The maximum absolute atomic E-state index is 11.5. The van der Waals surface area contributed by atoms with Gasteiger partial charge >= 0.3 is 0 Å². The number of hydrogen-bond acceptors (Lipinski definition) is 2. The van der Waals surface area contributed by atoms with Crippen LogP contribution in [0.5, 0.6) is 0 Å². The topological polar surface area (TPSA) is 33.2 Å². The molecule has 1 amide bonds. The molecule has 1 aromatic rings. The van der Waals surface area contributed by atoms with Gasteiger partial charge in [0, 0.05) is 18.7 Å². The number of amides is 1. The maximum atomic E-state index is 11.5. The smallest absolute Gasteiger partial charge is 0.228 e. The van der Waals surface area contributed by atoms with Gasteiger partial charge in [-0.1, -0.05) is 19.4 Å². The third-order valence-corrected chi connectivity index (χ3v) is 2.65. The third kappa shape index (κ3) is 2.17. The molecule has 1 aliphatic rings. The van der Waals surface area contributed by atoms with Gasteiger partial charge in [0.25, 0.3) is 0 Å². The molecule has 1 aromatic heterocycles. The van der Waals surface area contributed by atoms with Crippen molar-refractivity contribution < 1.29 is 4.79 Å². The Morgan fingerprint density at radius 1 is 1.47 bits per heavy atom. The average molecular weight is 204 g/mol. The zero-order chi connectivity index (χ0) is 10.7. The van der Waals surface area contributed by atoms with Crippen LogP contribution in [0.3, 0.4) is 0 Å². The maximum Gasteiger partial charge on any atom is 0.228 e. The zero-order valence-electron chi connectivity index (χ0n) is 9.07. The molecule has 2 heterocycles. The van der Waals surface area contributed by atoms with Crippen LogP contribution in [0.15, 0.2) is 18.2 Å². The summed E-state index contributed by atoms with van der Waals surface area (Å²) in [7, 11) is 0. The van der Waals surface area contributed by atoms with E-state index in [0.717, 1.165) is 37.3 Å². The van der Waals surface area contributed by atoms with E-state index in [-0.39, 0.29) is 5.91 Å². The Labute approximate surface area is 90.1 Å². The van der Waals surface area contributed by atoms with Crippen molar-refractivity contribution in [1.29, 1.82) is 0 Å². The molecule has 1 fully saturated rings. The van der Waals surface area contributed by atoms with Crippen LogP contribution >= 0.6 is 0 Å². The van der Waals surface area contributed by atoms with E-state index >= 15 is 0 Å². The molecule has 2 rings (SSSR count). The molecular formula is C12H16N2O. The highest BCUT2D eigenvalue weighted by Crippen LogP contribution is 2.19. The molecule has 0 saturated carbocycles. The lowest BCUT2D eigenvalue weighted by Crippen LogP contribution is -2.24. The van der Waals surface area contributed by atoms with Crippen molar-refractivity contribution in [2.75, 3.05) is 11.4 Å². The highest BCUT2D eigenvalue weighted by atomic mass is 16.2. The van der Waals surface area contributed by atoms with Crippen molar-refractivity contribution in [3.8, 4) is 0 Å². The van der Waals surface area contributed by atoms with Crippen LogP contribution in [0.2, 0.25) is 0 Å². The molecule has 0 aromatic carbocycles. The summed E-state index contributed by atoms with van der Waals surface area (Å²) in [5.41, 5.74) is 1.08. The van der Waals surface area contributed by atoms with Crippen LogP contribution in [-0.4, -0.2) is 17.4 Å². The predicted octanol–water partition coefficient (Wildman–Crippen LogP) is 2.16. The minimum atomic E-state index is 0.205. The van der Waals surface area contributed by atoms with Gasteiger partial charge in [-0.3, -0.25) is 9.69 Å². The monoisotopic (exact) mass is 204 g/mol. The number of aromatic nitrogens is 1. The number of carbonyl (C=O) groups excluding carboxylic acids is 1. The molecule has 1 aliphatic heterocycles. The Morgan fingerprint density at radius 2 is 2.33 bits per heavy atom. The Hall–Kier alpha value is -1.38. The second-order valence-corrected chi connectivity index (χ2v) is 3.89. The first-order valence-corrected chi connectivity index (χ1v) is 5.57. The first kappa shape index (κ1) is 10.1. The summed E-state index contributed by atoms with van der Waals surface area (Å²) in [6.45, 7) is 2.96. The second kappa shape index (κ2) is 4.43. The van der Waals surface area contributed by atoms with E-state index in [4.69, 9.17) is 0 Å². The van der Waals surface area contributed by atoms with Gasteiger partial charge in [0.15, 0.2) is 0 Å². The predicted molar refractivity (Wildman–Crippen MR) is 59.8 cm³/mol.